The van der Waals surface area contributed by atoms with Crippen molar-refractivity contribution in [1.82, 2.24) is 19.6 Å². The van der Waals surface area contributed by atoms with E-state index in [2.05, 4.69) is 103 Å². The maximum Gasteiger partial charge on any atom is 0.00353 e. The molecule has 4 aliphatic heterocycles. The molecule has 4 heterocycles. The van der Waals surface area contributed by atoms with E-state index >= 15 is 0 Å². The summed E-state index contributed by atoms with van der Waals surface area (Å²) in [6.07, 6.45) is 32.1. The summed E-state index contributed by atoms with van der Waals surface area (Å²) in [4.78, 5) is 10.9. The molecule has 4 heteroatoms. The molecule has 4 saturated carbocycles. The van der Waals surface area contributed by atoms with Crippen LogP contribution in [0.4, 0.5) is 0 Å². The molecule has 62 heavy (non-hydrogen) atoms. The summed E-state index contributed by atoms with van der Waals surface area (Å²) >= 11 is 0. The van der Waals surface area contributed by atoms with Gasteiger partial charge in [0.15, 0.2) is 0 Å². The van der Waals surface area contributed by atoms with Crippen LogP contribution in [0.1, 0.15) is 224 Å². The lowest BCUT2D eigenvalue weighted by Crippen LogP contribution is -2.44. The van der Waals surface area contributed by atoms with E-state index in [1.165, 1.54) is 220 Å². The Kier molecular flexibility index (Phi) is 21.1. The number of hydrogen-bond acceptors (Lipinski definition) is 4. The summed E-state index contributed by atoms with van der Waals surface area (Å²) in [7, 11) is 0. The summed E-state index contributed by atoms with van der Waals surface area (Å²) in [5, 5.41) is 0. The van der Waals surface area contributed by atoms with E-state index in [1.807, 2.05) is 0 Å². The van der Waals surface area contributed by atoms with Gasteiger partial charge in [0.05, 0.1) is 0 Å². The lowest BCUT2D eigenvalue weighted by Gasteiger charge is -2.44. The summed E-state index contributed by atoms with van der Waals surface area (Å²) in [6, 6.07) is 0. The van der Waals surface area contributed by atoms with Crippen LogP contribution in [0.2, 0.25) is 0 Å². The van der Waals surface area contributed by atoms with Crippen molar-refractivity contribution in [2.75, 3.05) is 78.5 Å². The molecule has 0 radical (unpaired) electrons. The van der Waals surface area contributed by atoms with E-state index < -0.39 is 0 Å². The van der Waals surface area contributed by atoms with Gasteiger partial charge in [0.1, 0.15) is 0 Å². The van der Waals surface area contributed by atoms with E-state index in [1.54, 1.807) is 0 Å². The van der Waals surface area contributed by atoms with Crippen molar-refractivity contribution < 1.29 is 0 Å². The largest absolute Gasteiger partial charge is 0.303 e. The van der Waals surface area contributed by atoms with Crippen LogP contribution in [0, 0.1) is 69.0 Å². The summed E-state index contributed by atoms with van der Waals surface area (Å²) in [5.74, 6) is 7.55. The smallest absolute Gasteiger partial charge is 0.00353 e. The Bertz CT molecular complexity index is 1190. The summed E-state index contributed by atoms with van der Waals surface area (Å²) < 4.78 is 0. The number of likely N-dealkylation sites (tertiary alicyclic amines) is 4. The average Bonchev–Trinajstić information content (AvgIpc) is 3.80. The van der Waals surface area contributed by atoms with Crippen LogP contribution < -0.4 is 0 Å². The van der Waals surface area contributed by atoms with E-state index in [-0.39, 0.29) is 0 Å². The molecule has 0 N–H and O–H groups in total. The van der Waals surface area contributed by atoms with Crippen molar-refractivity contribution >= 4 is 0 Å². The fourth-order valence-corrected chi connectivity index (χ4v) is 13.5. The van der Waals surface area contributed by atoms with Crippen molar-refractivity contribution in [3.05, 3.63) is 0 Å². The van der Waals surface area contributed by atoms with Crippen LogP contribution in [-0.2, 0) is 0 Å². The second kappa shape index (κ2) is 24.7. The zero-order chi connectivity index (χ0) is 45.0. The first-order valence-corrected chi connectivity index (χ1v) is 28.3. The lowest BCUT2D eigenvalue weighted by molar-refractivity contribution is 0.0578. The highest BCUT2D eigenvalue weighted by Gasteiger charge is 2.40. The van der Waals surface area contributed by atoms with Crippen molar-refractivity contribution in [2.24, 2.45) is 69.0 Å². The molecule has 4 nitrogen and oxygen atoms in total. The average molecular weight is 866 g/mol. The predicted octanol–water partition coefficient (Wildman–Crippen LogP) is 15.0. The summed E-state index contributed by atoms with van der Waals surface area (Å²) in [5.41, 5.74) is 2.70. The van der Waals surface area contributed by atoms with Crippen molar-refractivity contribution in [1.29, 1.82) is 0 Å². The van der Waals surface area contributed by atoms with Crippen LogP contribution in [0.25, 0.3) is 0 Å². The Balaban J connectivity index is 0.000000156. The Labute approximate surface area is 390 Å². The zero-order valence-corrected chi connectivity index (χ0v) is 44.4. The van der Waals surface area contributed by atoms with E-state index in [4.69, 9.17) is 0 Å². The quantitative estimate of drug-likeness (QED) is 0.194. The molecule has 364 valence electrons. The third-order valence-electron chi connectivity index (χ3n) is 19.3. The van der Waals surface area contributed by atoms with Crippen LogP contribution >= 0.6 is 0 Å². The maximum atomic E-state index is 2.75. The lowest BCUT2D eigenvalue weighted by atomic mass is 9.70. The molecule has 0 aromatic rings. The van der Waals surface area contributed by atoms with Gasteiger partial charge < -0.3 is 19.6 Å². The fourth-order valence-electron chi connectivity index (χ4n) is 13.5. The number of rotatable bonds is 12. The molecule has 0 aromatic heterocycles. The second-order valence-corrected chi connectivity index (χ2v) is 26.8. The topological polar surface area (TPSA) is 13.0 Å². The maximum absolute atomic E-state index is 2.75. The van der Waals surface area contributed by atoms with Crippen LogP contribution in [0.3, 0.4) is 0 Å². The molecule has 0 bridgehead atoms. The van der Waals surface area contributed by atoms with Gasteiger partial charge in [0, 0.05) is 26.2 Å². The van der Waals surface area contributed by atoms with Gasteiger partial charge in [-0.1, -0.05) is 122 Å². The molecule has 0 aromatic carbocycles. The Morgan fingerprint density at radius 1 is 0.290 bits per heavy atom. The Morgan fingerprint density at radius 2 is 0.484 bits per heavy atom. The molecular formula is C58H112N4. The first-order valence-electron chi connectivity index (χ1n) is 28.3. The Hall–Kier alpha value is -0.160. The zero-order valence-electron chi connectivity index (χ0n) is 44.4. The molecule has 0 spiro atoms. The summed E-state index contributed by atoms with van der Waals surface area (Å²) in [6.45, 7) is 45.4. The highest BCUT2D eigenvalue weighted by molar-refractivity contribution is 4.93. The van der Waals surface area contributed by atoms with Gasteiger partial charge in [-0.05, 0) is 224 Å². The van der Waals surface area contributed by atoms with Gasteiger partial charge in [-0.15, -0.1) is 0 Å². The third-order valence-corrected chi connectivity index (χ3v) is 19.3. The standard InChI is InChI=1S/C16H31N.C15H29N.C14H27N.C13H25N/c1-14(2)15-7-11-17(12-8-15)13-16(3)9-5-4-6-10-16;1-13(2)14-6-10-16(11-7-14)12-15(3)8-4-5-9-15;1-12(2)13-5-9-15(10-6-13)11-14(3)7-4-8-14;1-11(2)12-4-8-14(9-5-12)10-13(3)6-7-13/h14-15H,4-13H2,1-3H3;13-14H,4-12H2,1-3H3;12-13H,4-11H2,1-3H3;11-12H,4-10H2,1-3H3. The highest BCUT2D eigenvalue weighted by atomic mass is 15.2. The highest BCUT2D eigenvalue weighted by Crippen LogP contribution is 2.46. The molecule has 8 fully saturated rings. The molecule has 4 aliphatic carbocycles. The molecule has 8 rings (SSSR count). The second-order valence-electron chi connectivity index (χ2n) is 26.8. The minimum absolute atomic E-state index is 0.642. The fraction of sp³-hybridized carbons (Fsp3) is 1.00. The minimum Gasteiger partial charge on any atom is -0.303 e. The number of piperidine rings is 4. The molecule has 8 aliphatic rings. The van der Waals surface area contributed by atoms with Gasteiger partial charge in [-0.3, -0.25) is 0 Å². The molecule has 0 amide bonds. The van der Waals surface area contributed by atoms with E-state index in [0.717, 1.165) is 47.3 Å². The van der Waals surface area contributed by atoms with Crippen molar-refractivity contribution in [3.63, 3.8) is 0 Å². The van der Waals surface area contributed by atoms with Crippen molar-refractivity contribution in [2.45, 2.75) is 224 Å². The van der Waals surface area contributed by atoms with Crippen LogP contribution in [0.15, 0.2) is 0 Å². The van der Waals surface area contributed by atoms with Crippen LogP contribution in [-0.4, -0.2) is 98.1 Å². The predicted molar refractivity (Wildman–Crippen MR) is 273 cm³/mol. The third kappa shape index (κ3) is 17.8. The Morgan fingerprint density at radius 3 is 0.661 bits per heavy atom. The van der Waals surface area contributed by atoms with Gasteiger partial charge in [0.25, 0.3) is 0 Å². The van der Waals surface area contributed by atoms with Gasteiger partial charge >= 0.3 is 0 Å². The molecule has 0 unspecified atom stereocenters. The van der Waals surface area contributed by atoms with E-state index in [0.29, 0.717) is 21.7 Å². The van der Waals surface area contributed by atoms with Gasteiger partial charge in [-0.25, -0.2) is 0 Å². The monoisotopic (exact) mass is 865 g/mol. The molecular weight excluding hydrogens is 753 g/mol. The van der Waals surface area contributed by atoms with Crippen molar-refractivity contribution in [3.8, 4) is 0 Å². The van der Waals surface area contributed by atoms with Gasteiger partial charge in [0.2, 0.25) is 0 Å². The normalized spacial score (nSPS) is 27.9. The first kappa shape index (κ1) is 52.8. The number of nitrogens with zero attached hydrogens (tertiary/aromatic N) is 4. The minimum atomic E-state index is 0.642. The molecule has 0 atom stereocenters. The van der Waals surface area contributed by atoms with Crippen LogP contribution in [0.5, 0.6) is 0 Å². The van der Waals surface area contributed by atoms with Gasteiger partial charge in [-0.2, -0.15) is 0 Å². The number of hydrogen-bond donors (Lipinski definition) is 0. The first-order chi connectivity index (χ1) is 29.4. The van der Waals surface area contributed by atoms with E-state index in [9.17, 15) is 0 Å². The molecule has 4 saturated heterocycles. The SMILES string of the molecule is CC(C)C1CCN(CC2(C)CC2)CC1.CC(C)C1CCN(CC2(C)CCC2)CC1.CC(C)C1CCN(CC2(C)CCCC2)CC1.CC(C)C1CCN(CC2(C)CCCCC2)CC1.